The lowest BCUT2D eigenvalue weighted by Crippen LogP contribution is -2.20. The minimum absolute atomic E-state index is 0.0204. The molecule has 1 aliphatic rings. The lowest BCUT2D eigenvalue weighted by molar-refractivity contribution is -0.384. The van der Waals surface area contributed by atoms with Crippen LogP contribution in [0.4, 0.5) is 17.1 Å². The number of rotatable bonds is 9. The first-order valence-corrected chi connectivity index (χ1v) is 11.6. The van der Waals surface area contributed by atoms with Crippen LogP contribution in [0.1, 0.15) is 25.7 Å². The fraction of sp³-hybridized carbons (Fsp3) is 0.333. The van der Waals surface area contributed by atoms with Crippen molar-refractivity contribution >= 4 is 38.8 Å². The number of hydrogen-bond acceptors (Lipinski definition) is 6. The number of non-ortho nitro benzene ring substituents is 1. The summed E-state index contributed by atoms with van der Waals surface area (Å²) in [6.45, 7) is 1.32. The average Bonchev–Trinajstić information content (AvgIpc) is 3.15. The van der Waals surface area contributed by atoms with Gasteiger partial charge in [-0.15, -0.1) is 4.40 Å². The summed E-state index contributed by atoms with van der Waals surface area (Å²) in [7, 11) is -1.96. The number of nitro groups is 1. The minimum atomic E-state index is -3.79. The van der Waals surface area contributed by atoms with Gasteiger partial charge in [0.05, 0.1) is 9.82 Å². The molecule has 0 aliphatic carbocycles. The quantitative estimate of drug-likeness (QED) is 0.334. The van der Waals surface area contributed by atoms with E-state index < -0.39 is 14.9 Å². The Bertz CT molecular complexity index is 1100. The molecule has 0 radical (unpaired) electrons. The van der Waals surface area contributed by atoms with Gasteiger partial charge in [-0.05, 0) is 49.2 Å². The highest BCUT2D eigenvalue weighted by Crippen LogP contribution is 2.19. The van der Waals surface area contributed by atoms with E-state index in [2.05, 4.69) is 15.0 Å². The zero-order valence-corrected chi connectivity index (χ0v) is 18.5. The van der Waals surface area contributed by atoms with Gasteiger partial charge in [-0.3, -0.25) is 14.9 Å². The van der Waals surface area contributed by atoms with E-state index in [1.807, 2.05) is 11.9 Å². The van der Waals surface area contributed by atoms with Gasteiger partial charge in [0.2, 0.25) is 5.91 Å². The molecule has 1 saturated heterocycles. The molecule has 1 heterocycles. The molecular formula is C21H25N5O5S. The standard InChI is InChI=1S/C21H25N5O5S/c1-25-15-3-4-20(25)24-32(30,31)19-12-8-17(9-13-19)23-21(27)5-2-14-22-16-6-10-18(11-7-16)26(28)29/h6-13,22H,2-5,14-15H2,1H3,(H,23,27)/b24-20+. The van der Waals surface area contributed by atoms with Gasteiger partial charge < -0.3 is 15.5 Å². The van der Waals surface area contributed by atoms with Crippen molar-refractivity contribution in [2.45, 2.75) is 30.6 Å². The van der Waals surface area contributed by atoms with Gasteiger partial charge >= 0.3 is 0 Å². The molecule has 32 heavy (non-hydrogen) atoms. The number of nitro benzene ring substituents is 1. The molecule has 1 fully saturated rings. The Morgan fingerprint density at radius 1 is 1.12 bits per heavy atom. The fourth-order valence-electron chi connectivity index (χ4n) is 3.22. The summed E-state index contributed by atoms with van der Waals surface area (Å²) in [5, 5.41) is 16.5. The van der Waals surface area contributed by atoms with Gasteiger partial charge in [-0.25, -0.2) is 0 Å². The monoisotopic (exact) mass is 459 g/mol. The summed E-state index contributed by atoms with van der Waals surface area (Å²) >= 11 is 0. The Morgan fingerprint density at radius 3 is 2.38 bits per heavy atom. The van der Waals surface area contributed by atoms with Crippen molar-refractivity contribution in [2.75, 3.05) is 30.8 Å². The number of sulfonamides is 1. The Morgan fingerprint density at radius 2 is 1.78 bits per heavy atom. The molecule has 1 amide bonds. The second-order valence-corrected chi connectivity index (χ2v) is 9.02. The van der Waals surface area contributed by atoms with Crippen LogP contribution < -0.4 is 10.6 Å². The number of carbonyl (C=O) groups excluding carboxylic acids is 1. The second kappa shape index (κ2) is 10.2. The summed E-state index contributed by atoms with van der Waals surface area (Å²) in [6, 6.07) is 12.0. The van der Waals surface area contributed by atoms with Crippen molar-refractivity contribution < 1.29 is 18.1 Å². The number of amidine groups is 1. The third kappa shape index (κ3) is 6.27. The zero-order chi connectivity index (χ0) is 23.1. The molecule has 2 N–H and O–H groups in total. The van der Waals surface area contributed by atoms with Crippen molar-refractivity contribution in [1.29, 1.82) is 0 Å². The van der Waals surface area contributed by atoms with Crippen molar-refractivity contribution in [3.05, 3.63) is 58.6 Å². The Kier molecular flexibility index (Phi) is 7.41. The van der Waals surface area contributed by atoms with Crippen LogP contribution in [-0.2, 0) is 14.8 Å². The van der Waals surface area contributed by atoms with Crippen molar-refractivity contribution in [1.82, 2.24) is 4.90 Å². The number of likely N-dealkylation sites (tertiary alicyclic amines) is 1. The first-order valence-electron chi connectivity index (χ1n) is 10.2. The van der Waals surface area contributed by atoms with Crippen LogP contribution in [0.2, 0.25) is 0 Å². The van der Waals surface area contributed by atoms with Crippen LogP contribution in [0.15, 0.2) is 57.8 Å². The fourth-order valence-corrected chi connectivity index (χ4v) is 4.31. The first kappa shape index (κ1) is 23.2. The Balaban J connectivity index is 1.45. The average molecular weight is 460 g/mol. The summed E-state index contributed by atoms with van der Waals surface area (Å²) < 4.78 is 28.9. The normalized spacial score (nSPS) is 15.0. The van der Waals surface area contributed by atoms with Crippen LogP contribution in [0.3, 0.4) is 0 Å². The molecule has 2 aromatic carbocycles. The van der Waals surface area contributed by atoms with Gasteiger partial charge in [0.1, 0.15) is 5.84 Å². The largest absolute Gasteiger partial charge is 0.385 e. The summed E-state index contributed by atoms with van der Waals surface area (Å²) in [5.41, 5.74) is 1.26. The van der Waals surface area contributed by atoms with Crippen LogP contribution in [-0.4, -0.2) is 50.1 Å². The number of benzene rings is 2. The van der Waals surface area contributed by atoms with Gasteiger partial charge in [-0.1, -0.05) is 0 Å². The Hall–Kier alpha value is -3.47. The van der Waals surface area contributed by atoms with Crippen LogP contribution in [0.5, 0.6) is 0 Å². The van der Waals surface area contributed by atoms with Gasteiger partial charge in [-0.2, -0.15) is 8.42 Å². The van der Waals surface area contributed by atoms with E-state index in [-0.39, 0.29) is 22.9 Å². The van der Waals surface area contributed by atoms with Crippen LogP contribution >= 0.6 is 0 Å². The van der Waals surface area contributed by atoms with E-state index in [0.29, 0.717) is 30.9 Å². The maximum Gasteiger partial charge on any atom is 0.283 e. The molecule has 170 valence electrons. The number of carbonyl (C=O) groups is 1. The highest BCUT2D eigenvalue weighted by molar-refractivity contribution is 7.90. The molecule has 10 nitrogen and oxygen atoms in total. The molecule has 11 heteroatoms. The molecular weight excluding hydrogens is 434 g/mol. The van der Waals surface area contributed by atoms with Crippen molar-refractivity contribution in [2.24, 2.45) is 4.40 Å². The van der Waals surface area contributed by atoms with Gasteiger partial charge in [0, 0.05) is 56.5 Å². The van der Waals surface area contributed by atoms with E-state index in [9.17, 15) is 23.3 Å². The van der Waals surface area contributed by atoms with E-state index in [0.717, 1.165) is 18.7 Å². The van der Waals surface area contributed by atoms with Crippen molar-refractivity contribution in [3.63, 3.8) is 0 Å². The zero-order valence-electron chi connectivity index (χ0n) is 17.7. The van der Waals surface area contributed by atoms with Crippen molar-refractivity contribution in [3.8, 4) is 0 Å². The topological polar surface area (TPSA) is 134 Å². The van der Waals surface area contributed by atoms with Crippen LogP contribution in [0, 0.1) is 10.1 Å². The maximum atomic E-state index is 12.5. The first-order chi connectivity index (χ1) is 15.2. The lowest BCUT2D eigenvalue weighted by atomic mass is 10.2. The number of nitrogens with one attached hydrogen (secondary N) is 2. The molecule has 0 saturated carbocycles. The lowest BCUT2D eigenvalue weighted by Gasteiger charge is -2.11. The predicted octanol–water partition coefficient (Wildman–Crippen LogP) is 3.24. The molecule has 0 spiro atoms. The van der Waals surface area contributed by atoms with E-state index >= 15 is 0 Å². The molecule has 0 unspecified atom stereocenters. The predicted molar refractivity (Wildman–Crippen MR) is 122 cm³/mol. The van der Waals surface area contributed by atoms with Crippen LogP contribution in [0.25, 0.3) is 0 Å². The Labute approximate surface area is 186 Å². The van der Waals surface area contributed by atoms with E-state index in [1.165, 1.54) is 24.3 Å². The molecule has 0 aromatic heterocycles. The highest BCUT2D eigenvalue weighted by atomic mass is 32.2. The van der Waals surface area contributed by atoms with Gasteiger partial charge in [0.15, 0.2) is 0 Å². The number of hydrogen-bond donors (Lipinski definition) is 2. The number of amides is 1. The summed E-state index contributed by atoms with van der Waals surface area (Å²) in [5.74, 6) is 0.364. The summed E-state index contributed by atoms with van der Waals surface area (Å²) in [4.78, 5) is 24.2. The van der Waals surface area contributed by atoms with E-state index in [1.54, 1.807) is 24.3 Å². The smallest absolute Gasteiger partial charge is 0.283 e. The molecule has 1 aliphatic heterocycles. The SMILES string of the molecule is CN1CCC/C1=N\S(=O)(=O)c1ccc(NC(=O)CCCNc2ccc([N+](=O)[O-])cc2)cc1. The molecule has 0 bridgehead atoms. The minimum Gasteiger partial charge on any atom is -0.385 e. The van der Waals surface area contributed by atoms with E-state index in [4.69, 9.17) is 0 Å². The van der Waals surface area contributed by atoms with Gasteiger partial charge in [0.25, 0.3) is 15.7 Å². The molecule has 0 atom stereocenters. The molecule has 2 aromatic rings. The third-order valence-electron chi connectivity index (χ3n) is 4.98. The highest BCUT2D eigenvalue weighted by Gasteiger charge is 2.20. The summed E-state index contributed by atoms with van der Waals surface area (Å²) in [6.07, 6.45) is 2.35. The second-order valence-electron chi connectivity index (χ2n) is 7.41. The number of nitrogens with zero attached hydrogens (tertiary/aromatic N) is 3. The molecule has 3 rings (SSSR count). The number of anilines is 2. The maximum absolute atomic E-state index is 12.5. The third-order valence-corrected chi connectivity index (χ3v) is 6.30.